The molecule has 4 rings (SSSR count). The van der Waals surface area contributed by atoms with Crippen molar-refractivity contribution < 1.29 is 9.59 Å². The third-order valence-corrected chi connectivity index (χ3v) is 7.28. The lowest BCUT2D eigenvalue weighted by molar-refractivity contribution is -0.117. The molecule has 162 valence electrons. The van der Waals surface area contributed by atoms with Crippen molar-refractivity contribution in [3.8, 4) is 0 Å². The topological polar surface area (TPSA) is 52.7 Å². The lowest BCUT2D eigenvalue weighted by Crippen LogP contribution is -2.50. The van der Waals surface area contributed by atoms with E-state index < -0.39 is 0 Å². The number of hydrogen-bond donors (Lipinski definition) is 1. The van der Waals surface area contributed by atoms with Gasteiger partial charge in [-0.05, 0) is 30.3 Å². The van der Waals surface area contributed by atoms with Crippen molar-refractivity contribution >= 4 is 85.3 Å². The number of nitrogens with one attached hydrogen (secondary N) is 1. The van der Waals surface area contributed by atoms with Gasteiger partial charge in [-0.15, -0.1) is 11.3 Å². The summed E-state index contributed by atoms with van der Waals surface area (Å²) in [6, 6.07) is 10.3. The largest absolute Gasteiger partial charge is 0.335 e. The first kappa shape index (κ1) is 22.6. The molecule has 1 aromatic heterocycles. The Kier molecular flexibility index (Phi) is 6.96. The molecule has 0 unspecified atom stereocenters. The number of amides is 2. The summed E-state index contributed by atoms with van der Waals surface area (Å²) in [6.45, 7) is 2.42. The van der Waals surface area contributed by atoms with Gasteiger partial charge in [0.2, 0.25) is 5.91 Å². The van der Waals surface area contributed by atoms with E-state index in [1.54, 1.807) is 29.2 Å². The standard InChI is InChI=1S/C21H17Cl4N3O2S/c22-12-1-2-16-17(10-12)31-20(19(16)25)21(30)28-5-3-27(4-6-28)11-18(29)26-15-8-13(23)7-14(24)9-15/h1-2,7-10H,3-6,11H2,(H,26,29). The van der Waals surface area contributed by atoms with E-state index in [1.807, 2.05) is 17.0 Å². The summed E-state index contributed by atoms with van der Waals surface area (Å²) in [5, 5.41) is 5.61. The Bertz CT molecular complexity index is 1140. The first-order chi connectivity index (χ1) is 14.8. The molecule has 0 radical (unpaired) electrons. The highest BCUT2D eigenvalue weighted by atomic mass is 35.5. The zero-order valence-corrected chi connectivity index (χ0v) is 20.0. The highest BCUT2D eigenvalue weighted by Crippen LogP contribution is 2.37. The van der Waals surface area contributed by atoms with Gasteiger partial charge in [-0.1, -0.05) is 52.5 Å². The minimum Gasteiger partial charge on any atom is -0.335 e. The summed E-state index contributed by atoms with van der Waals surface area (Å²) in [4.78, 5) is 29.7. The monoisotopic (exact) mass is 515 g/mol. The van der Waals surface area contributed by atoms with Gasteiger partial charge in [-0.25, -0.2) is 0 Å². The number of carbonyl (C=O) groups is 2. The van der Waals surface area contributed by atoms with Gasteiger partial charge in [0, 0.05) is 57.0 Å². The molecule has 5 nitrogen and oxygen atoms in total. The molecule has 0 saturated carbocycles. The first-order valence-corrected chi connectivity index (χ1v) is 11.8. The van der Waals surface area contributed by atoms with Crippen LogP contribution in [0.2, 0.25) is 20.1 Å². The molecule has 1 saturated heterocycles. The summed E-state index contributed by atoms with van der Waals surface area (Å²) in [6.07, 6.45) is 0. The summed E-state index contributed by atoms with van der Waals surface area (Å²) < 4.78 is 0.886. The number of rotatable bonds is 4. The highest BCUT2D eigenvalue weighted by molar-refractivity contribution is 7.21. The maximum absolute atomic E-state index is 13.0. The number of anilines is 1. The molecule has 3 aromatic rings. The Morgan fingerprint density at radius 2 is 1.58 bits per heavy atom. The zero-order chi connectivity index (χ0) is 22.1. The maximum Gasteiger partial charge on any atom is 0.265 e. The van der Waals surface area contributed by atoms with Crippen molar-refractivity contribution in [2.24, 2.45) is 0 Å². The van der Waals surface area contributed by atoms with Gasteiger partial charge < -0.3 is 10.2 Å². The molecule has 0 spiro atoms. The summed E-state index contributed by atoms with van der Waals surface area (Å²) in [5.74, 6) is -0.262. The van der Waals surface area contributed by atoms with Crippen molar-refractivity contribution in [1.29, 1.82) is 0 Å². The molecule has 1 aliphatic heterocycles. The number of thiophene rings is 1. The van der Waals surface area contributed by atoms with Crippen LogP contribution in [0.4, 0.5) is 5.69 Å². The van der Waals surface area contributed by atoms with Gasteiger partial charge in [-0.3, -0.25) is 14.5 Å². The van der Waals surface area contributed by atoms with Crippen LogP contribution in [-0.2, 0) is 4.79 Å². The van der Waals surface area contributed by atoms with E-state index in [0.29, 0.717) is 56.8 Å². The molecule has 0 atom stereocenters. The van der Waals surface area contributed by atoms with Gasteiger partial charge >= 0.3 is 0 Å². The van der Waals surface area contributed by atoms with E-state index in [9.17, 15) is 9.59 Å². The lowest BCUT2D eigenvalue weighted by Gasteiger charge is -2.34. The number of piperazine rings is 1. The highest BCUT2D eigenvalue weighted by Gasteiger charge is 2.26. The van der Waals surface area contributed by atoms with Crippen LogP contribution >= 0.6 is 57.7 Å². The minimum atomic E-state index is -0.164. The third kappa shape index (κ3) is 5.28. The van der Waals surface area contributed by atoms with E-state index in [0.717, 1.165) is 10.1 Å². The minimum absolute atomic E-state index is 0.0972. The number of fused-ring (bicyclic) bond motifs is 1. The molecule has 0 bridgehead atoms. The second-order valence-corrected chi connectivity index (χ2v) is 9.90. The molecule has 31 heavy (non-hydrogen) atoms. The van der Waals surface area contributed by atoms with Crippen LogP contribution in [-0.4, -0.2) is 54.3 Å². The fourth-order valence-electron chi connectivity index (χ4n) is 3.46. The van der Waals surface area contributed by atoms with Gasteiger partial charge in [0.1, 0.15) is 4.88 Å². The van der Waals surface area contributed by atoms with Crippen molar-refractivity contribution in [1.82, 2.24) is 9.80 Å². The van der Waals surface area contributed by atoms with Crippen LogP contribution in [0.1, 0.15) is 9.67 Å². The Morgan fingerprint density at radius 1 is 0.903 bits per heavy atom. The smallest absolute Gasteiger partial charge is 0.265 e. The molecule has 1 fully saturated rings. The lowest BCUT2D eigenvalue weighted by atomic mass is 10.2. The molecular formula is C21H17Cl4N3O2S. The third-order valence-electron chi connectivity index (χ3n) is 4.96. The number of carbonyl (C=O) groups excluding carboxylic acids is 2. The van der Waals surface area contributed by atoms with Crippen LogP contribution in [0, 0.1) is 0 Å². The molecule has 2 aromatic carbocycles. The second-order valence-electron chi connectivity index (χ2n) is 7.16. The van der Waals surface area contributed by atoms with E-state index in [-0.39, 0.29) is 18.4 Å². The Balaban J connectivity index is 1.34. The van der Waals surface area contributed by atoms with E-state index >= 15 is 0 Å². The Hall–Kier alpha value is -1.54. The van der Waals surface area contributed by atoms with Crippen LogP contribution in [0.15, 0.2) is 36.4 Å². The van der Waals surface area contributed by atoms with Gasteiger partial charge in [0.25, 0.3) is 5.91 Å². The van der Waals surface area contributed by atoms with Crippen LogP contribution in [0.25, 0.3) is 10.1 Å². The molecular weight excluding hydrogens is 500 g/mol. The summed E-state index contributed by atoms with van der Waals surface area (Å²) >= 11 is 25.8. The zero-order valence-electron chi connectivity index (χ0n) is 16.1. The predicted molar refractivity (Wildman–Crippen MR) is 129 cm³/mol. The SMILES string of the molecule is O=C(CN1CCN(C(=O)c2sc3cc(Cl)ccc3c2Cl)CC1)Nc1cc(Cl)cc(Cl)c1. The normalized spacial score (nSPS) is 14.8. The summed E-state index contributed by atoms with van der Waals surface area (Å²) in [7, 11) is 0. The maximum atomic E-state index is 13.0. The molecule has 2 heterocycles. The molecule has 0 aliphatic carbocycles. The Morgan fingerprint density at radius 3 is 2.26 bits per heavy atom. The van der Waals surface area contributed by atoms with Gasteiger partial charge in [0.05, 0.1) is 11.6 Å². The number of benzene rings is 2. The average Bonchev–Trinajstić information content (AvgIpc) is 3.02. The van der Waals surface area contributed by atoms with Crippen molar-refractivity contribution in [2.45, 2.75) is 0 Å². The van der Waals surface area contributed by atoms with E-state index in [2.05, 4.69) is 5.32 Å². The number of nitrogens with zero attached hydrogens (tertiary/aromatic N) is 2. The van der Waals surface area contributed by atoms with Crippen LogP contribution in [0.5, 0.6) is 0 Å². The number of halogens is 4. The molecule has 1 N–H and O–H groups in total. The van der Waals surface area contributed by atoms with Crippen LogP contribution in [0.3, 0.4) is 0 Å². The second kappa shape index (κ2) is 9.53. The fourth-order valence-corrected chi connectivity index (χ4v) is 5.74. The average molecular weight is 517 g/mol. The van der Waals surface area contributed by atoms with Gasteiger partial charge in [0.15, 0.2) is 0 Å². The summed E-state index contributed by atoms with van der Waals surface area (Å²) in [5.41, 5.74) is 0.552. The quantitative estimate of drug-likeness (QED) is 0.468. The fraction of sp³-hybridized carbons (Fsp3) is 0.238. The molecule has 10 heteroatoms. The molecule has 2 amide bonds. The van der Waals surface area contributed by atoms with Crippen molar-refractivity contribution in [2.75, 3.05) is 38.0 Å². The van der Waals surface area contributed by atoms with E-state index in [1.165, 1.54) is 11.3 Å². The molecule has 1 aliphatic rings. The van der Waals surface area contributed by atoms with Crippen molar-refractivity contribution in [3.63, 3.8) is 0 Å². The predicted octanol–water partition coefficient (Wildman–Crippen LogP) is 5.91. The van der Waals surface area contributed by atoms with Crippen LogP contribution < -0.4 is 5.32 Å². The van der Waals surface area contributed by atoms with Gasteiger partial charge in [-0.2, -0.15) is 0 Å². The first-order valence-electron chi connectivity index (χ1n) is 9.45. The number of hydrogen-bond acceptors (Lipinski definition) is 4. The van der Waals surface area contributed by atoms with Crippen molar-refractivity contribution in [3.05, 3.63) is 61.4 Å². The van der Waals surface area contributed by atoms with E-state index in [4.69, 9.17) is 46.4 Å². The Labute approximate surface area is 203 Å².